The van der Waals surface area contributed by atoms with Gasteiger partial charge in [0.25, 0.3) is 5.91 Å². The molecule has 0 bridgehead atoms. The third-order valence-electron chi connectivity index (χ3n) is 5.35. The monoisotopic (exact) mass is 529 g/mol. The number of amidine groups is 1. The highest BCUT2D eigenvalue weighted by molar-refractivity contribution is 8.18. The Labute approximate surface area is 219 Å². The molecule has 1 aliphatic heterocycles. The van der Waals surface area contributed by atoms with Crippen LogP contribution in [0.25, 0.3) is 27.1 Å². The Bertz CT molecular complexity index is 1660. The van der Waals surface area contributed by atoms with Crippen molar-refractivity contribution in [3.8, 4) is 5.75 Å². The molecule has 0 spiro atoms. The lowest BCUT2D eigenvalue weighted by Crippen LogP contribution is -2.19. The summed E-state index contributed by atoms with van der Waals surface area (Å²) >= 11 is 4.34. The molecule has 1 aliphatic rings. The molecule has 1 amide bonds. The third kappa shape index (κ3) is 4.77. The number of carbonyl (C=O) groups is 1. The maximum atomic E-state index is 12.6. The van der Waals surface area contributed by atoms with Crippen molar-refractivity contribution in [1.29, 1.82) is 0 Å². The van der Waals surface area contributed by atoms with E-state index in [9.17, 15) is 4.79 Å². The summed E-state index contributed by atoms with van der Waals surface area (Å²) in [5.41, 5.74) is 1.75. The highest BCUT2D eigenvalue weighted by Crippen LogP contribution is 2.37. The SMILES string of the molecule is CCOc1ccc2nc(Sc3ccc(/C=C4\SC(=Nc5cccc6ccccc56)NC4=O)o3)sc2c1. The number of thiazole rings is 1. The first-order valence-corrected chi connectivity index (χ1v) is 13.7. The van der Waals surface area contributed by atoms with Gasteiger partial charge in [-0.05, 0) is 72.2 Å². The molecule has 5 aromatic rings. The molecule has 0 aliphatic carbocycles. The summed E-state index contributed by atoms with van der Waals surface area (Å²) in [6, 6.07) is 23.6. The number of thioether (sulfide) groups is 1. The Morgan fingerprint density at radius 1 is 1.11 bits per heavy atom. The maximum Gasteiger partial charge on any atom is 0.264 e. The van der Waals surface area contributed by atoms with Gasteiger partial charge in [-0.2, -0.15) is 0 Å². The lowest BCUT2D eigenvalue weighted by atomic mass is 10.1. The Morgan fingerprint density at radius 3 is 2.92 bits per heavy atom. The van der Waals surface area contributed by atoms with Crippen molar-refractivity contribution < 1.29 is 13.9 Å². The first-order chi connectivity index (χ1) is 17.6. The minimum Gasteiger partial charge on any atom is -0.494 e. The van der Waals surface area contributed by atoms with Crippen LogP contribution in [0.3, 0.4) is 0 Å². The zero-order chi connectivity index (χ0) is 24.5. The van der Waals surface area contributed by atoms with Crippen LogP contribution in [-0.2, 0) is 4.79 Å². The van der Waals surface area contributed by atoms with Crippen LogP contribution in [0.5, 0.6) is 5.75 Å². The molecule has 178 valence electrons. The van der Waals surface area contributed by atoms with Crippen molar-refractivity contribution in [2.24, 2.45) is 4.99 Å². The van der Waals surface area contributed by atoms with Crippen LogP contribution >= 0.6 is 34.9 Å². The fourth-order valence-corrected chi connectivity index (χ4v) is 6.57. The predicted octanol–water partition coefficient (Wildman–Crippen LogP) is 7.48. The van der Waals surface area contributed by atoms with Crippen molar-refractivity contribution >= 4 is 78.7 Å². The van der Waals surface area contributed by atoms with Crippen molar-refractivity contribution in [3.05, 3.63) is 83.5 Å². The molecule has 1 N–H and O–H groups in total. The van der Waals surface area contributed by atoms with E-state index in [2.05, 4.69) is 15.3 Å². The third-order valence-corrected chi connectivity index (χ3v) is 8.26. The molecule has 3 aromatic carbocycles. The van der Waals surface area contributed by atoms with Gasteiger partial charge in [0.15, 0.2) is 14.6 Å². The highest BCUT2D eigenvalue weighted by atomic mass is 32.2. The molecule has 2 aromatic heterocycles. The second-order valence-corrected chi connectivity index (χ2v) is 11.1. The van der Waals surface area contributed by atoms with Crippen molar-refractivity contribution in [3.63, 3.8) is 0 Å². The summed E-state index contributed by atoms with van der Waals surface area (Å²) < 4.78 is 13.5. The summed E-state index contributed by atoms with van der Waals surface area (Å²) in [6.45, 7) is 2.59. The Balaban J connectivity index is 1.19. The van der Waals surface area contributed by atoms with E-state index in [0.29, 0.717) is 27.5 Å². The summed E-state index contributed by atoms with van der Waals surface area (Å²) in [5.74, 6) is 1.25. The van der Waals surface area contributed by atoms with Gasteiger partial charge in [-0.25, -0.2) is 9.98 Å². The second-order valence-electron chi connectivity index (χ2n) is 7.78. The van der Waals surface area contributed by atoms with Gasteiger partial charge in [-0.3, -0.25) is 4.79 Å². The number of nitrogens with one attached hydrogen (secondary N) is 1. The molecular formula is C27H19N3O3S3. The molecule has 0 radical (unpaired) electrons. The first kappa shape index (κ1) is 22.9. The average Bonchev–Trinajstić information content (AvgIpc) is 3.58. The molecule has 0 saturated carbocycles. The number of fused-ring (bicyclic) bond motifs is 2. The van der Waals surface area contributed by atoms with E-state index in [4.69, 9.17) is 9.15 Å². The quantitative estimate of drug-likeness (QED) is 0.230. The number of ether oxygens (including phenoxy) is 1. The Morgan fingerprint density at radius 2 is 2.00 bits per heavy atom. The number of amides is 1. The number of carbonyl (C=O) groups excluding carboxylic acids is 1. The van der Waals surface area contributed by atoms with E-state index in [1.54, 1.807) is 17.4 Å². The summed E-state index contributed by atoms with van der Waals surface area (Å²) in [7, 11) is 0. The summed E-state index contributed by atoms with van der Waals surface area (Å²) in [5, 5.41) is 6.25. The molecule has 36 heavy (non-hydrogen) atoms. The zero-order valence-corrected chi connectivity index (χ0v) is 21.5. The van der Waals surface area contributed by atoms with Crippen LogP contribution in [0.4, 0.5) is 5.69 Å². The van der Waals surface area contributed by atoms with Gasteiger partial charge in [-0.1, -0.05) is 36.4 Å². The minimum atomic E-state index is -0.194. The molecule has 1 fully saturated rings. The molecule has 6 nitrogen and oxygen atoms in total. The van der Waals surface area contributed by atoms with Gasteiger partial charge < -0.3 is 14.5 Å². The number of aromatic nitrogens is 1. The van der Waals surface area contributed by atoms with E-state index < -0.39 is 0 Å². The van der Waals surface area contributed by atoms with Crippen LogP contribution < -0.4 is 10.1 Å². The lowest BCUT2D eigenvalue weighted by molar-refractivity contribution is -0.115. The molecule has 1 saturated heterocycles. The van der Waals surface area contributed by atoms with Gasteiger partial charge in [-0.15, -0.1) is 11.3 Å². The molecule has 6 rings (SSSR count). The minimum absolute atomic E-state index is 0.194. The van der Waals surface area contributed by atoms with Crippen molar-refractivity contribution in [1.82, 2.24) is 10.3 Å². The zero-order valence-electron chi connectivity index (χ0n) is 19.1. The van der Waals surface area contributed by atoms with E-state index in [1.807, 2.05) is 79.7 Å². The van der Waals surface area contributed by atoms with Crippen LogP contribution in [0.15, 0.2) is 96.5 Å². The normalized spacial score (nSPS) is 15.9. The number of rotatable bonds is 6. The average molecular weight is 530 g/mol. The fraction of sp³-hybridized carbons (Fsp3) is 0.0741. The van der Waals surface area contributed by atoms with Gasteiger partial charge in [0, 0.05) is 11.5 Å². The van der Waals surface area contributed by atoms with E-state index in [1.165, 1.54) is 23.5 Å². The van der Waals surface area contributed by atoms with Gasteiger partial charge in [0.05, 0.1) is 27.4 Å². The van der Waals surface area contributed by atoms with Crippen LogP contribution in [0.2, 0.25) is 0 Å². The Kier molecular flexibility index (Phi) is 6.27. The number of furan rings is 1. The van der Waals surface area contributed by atoms with Gasteiger partial charge >= 0.3 is 0 Å². The molecule has 0 atom stereocenters. The number of hydrogen-bond donors (Lipinski definition) is 1. The first-order valence-electron chi connectivity index (χ1n) is 11.2. The number of nitrogens with zero attached hydrogens (tertiary/aromatic N) is 2. The van der Waals surface area contributed by atoms with Gasteiger partial charge in [0.1, 0.15) is 11.5 Å². The molecule has 9 heteroatoms. The largest absolute Gasteiger partial charge is 0.494 e. The van der Waals surface area contributed by atoms with Gasteiger partial charge in [0.2, 0.25) is 0 Å². The number of aliphatic imine (C=N–C) groups is 1. The molecule has 0 unspecified atom stereocenters. The predicted molar refractivity (Wildman–Crippen MR) is 148 cm³/mol. The lowest BCUT2D eigenvalue weighted by Gasteiger charge is -2.02. The van der Waals surface area contributed by atoms with Crippen LogP contribution in [-0.4, -0.2) is 22.7 Å². The fourth-order valence-electron chi connectivity index (χ4n) is 3.76. The van der Waals surface area contributed by atoms with E-state index in [0.717, 1.165) is 36.8 Å². The second kappa shape index (κ2) is 9.85. The molecule has 3 heterocycles. The number of benzene rings is 3. The summed E-state index contributed by atoms with van der Waals surface area (Å²) in [4.78, 5) is 22.5. The maximum absolute atomic E-state index is 12.6. The van der Waals surface area contributed by atoms with Crippen molar-refractivity contribution in [2.75, 3.05) is 6.61 Å². The smallest absolute Gasteiger partial charge is 0.264 e. The van der Waals surface area contributed by atoms with Crippen molar-refractivity contribution in [2.45, 2.75) is 16.4 Å². The van der Waals surface area contributed by atoms with E-state index >= 15 is 0 Å². The Hall–Kier alpha value is -3.53. The van der Waals surface area contributed by atoms with E-state index in [-0.39, 0.29) is 5.91 Å². The van der Waals surface area contributed by atoms with Crippen LogP contribution in [0, 0.1) is 0 Å². The topological polar surface area (TPSA) is 76.7 Å². The van der Waals surface area contributed by atoms with Crippen LogP contribution in [0.1, 0.15) is 12.7 Å². The number of hydrogen-bond acceptors (Lipinski definition) is 8. The molecular weight excluding hydrogens is 511 g/mol. The standard InChI is InChI=1S/C27H19N3O3S3/c1-2-32-17-10-12-21-22(14-17)35-27(29-21)36-24-13-11-18(33-24)15-23-25(31)30-26(34-23)28-20-9-5-7-16-6-3-4-8-19(16)20/h3-15H,2H2,1H3,(H,28,30,31)/b23-15-. The summed E-state index contributed by atoms with van der Waals surface area (Å²) in [6.07, 6.45) is 1.74. The highest BCUT2D eigenvalue weighted by Gasteiger charge is 2.24.